The van der Waals surface area contributed by atoms with Crippen molar-refractivity contribution in [2.24, 2.45) is 5.92 Å². The van der Waals surface area contributed by atoms with Crippen molar-refractivity contribution in [1.82, 2.24) is 25.2 Å². The zero-order valence-electron chi connectivity index (χ0n) is 18.7. The van der Waals surface area contributed by atoms with Crippen LogP contribution in [0.2, 0.25) is 0 Å². The third kappa shape index (κ3) is 5.60. The first-order valence-electron chi connectivity index (χ1n) is 10.8. The van der Waals surface area contributed by atoms with Gasteiger partial charge in [-0.25, -0.2) is 14.4 Å². The van der Waals surface area contributed by atoms with Gasteiger partial charge in [-0.05, 0) is 30.0 Å². The number of rotatable bonds is 7. The van der Waals surface area contributed by atoms with Crippen molar-refractivity contribution in [3.8, 4) is 0 Å². The minimum absolute atomic E-state index is 0.127. The zero-order chi connectivity index (χ0) is 24.0. The van der Waals surface area contributed by atoms with Gasteiger partial charge in [-0.3, -0.25) is 14.6 Å². The van der Waals surface area contributed by atoms with E-state index in [1.807, 2.05) is 26.2 Å². The van der Waals surface area contributed by atoms with Crippen LogP contribution >= 0.6 is 11.3 Å². The number of hydrogen-bond donors (Lipinski definition) is 3. The van der Waals surface area contributed by atoms with Crippen molar-refractivity contribution in [3.05, 3.63) is 47.0 Å². The molecule has 0 aliphatic carbocycles. The molecule has 9 nitrogen and oxygen atoms in total. The lowest BCUT2D eigenvalue weighted by Gasteiger charge is -2.38. The van der Waals surface area contributed by atoms with Gasteiger partial charge < -0.3 is 20.6 Å². The maximum atomic E-state index is 13.5. The molecular weight excluding hydrogens is 447 g/mol. The Hall–Kier alpha value is -3.18. The smallest absolute Gasteiger partial charge is 0.274 e. The molecule has 3 N–H and O–H groups in total. The zero-order valence-corrected chi connectivity index (χ0v) is 19.5. The first-order valence-corrected chi connectivity index (χ1v) is 11.6. The summed E-state index contributed by atoms with van der Waals surface area (Å²) in [5.74, 6) is -0.934. The monoisotopic (exact) mass is 474 g/mol. The van der Waals surface area contributed by atoms with Gasteiger partial charge in [-0.1, -0.05) is 13.8 Å². The standard InChI is InChI=1S/C20H21FN6O3S.C2H6/c1-11(12-6-14(21)8-22-7-12)24-20-25-15-2-5-31-17(15)16(26-20)19(30)27-9-13(10-27)18(29)23-3-4-28;1-2/h2,5-8,11,13,28H,3-4,9-10H2,1H3,(H,23,29)(H,24,25,26);1-2H3/t11-;/m0./s1. The molecule has 3 aromatic rings. The molecular formula is C22H27FN6O3S. The lowest BCUT2D eigenvalue weighted by Crippen LogP contribution is -2.56. The highest BCUT2D eigenvalue weighted by atomic mass is 32.1. The Kier molecular flexibility index (Phi) is 8.23. The molecule has 4 rings (SSSR count). The molecule has 1 aliphatic heterocycles. The Labute approximate surface area is 195 Å². The Morgan fingerprint density at radius 2 is 2.06 bits per heavy atom. The topological polar surface area (TPSA) is 120 Å². The van der Waals surface area contributed by atoms with E-state index in [9.17, 15) is 14.0 Å². The minimum atomic E-state index is -0.438. The van der Waals surface area contributed by atoms with Crippen molar-refractivity contribution >= 4 is 39.3 Å². The molecule has 0 bridgehead atoms. The summed E-state index contributed by atoms with van der Waals surface area (Å²) in [7, 11) is 0. The fourth-order valence-electron chi connectivity index (χ4n) is 3.30. The number of nitrogens with zero attached hydrogens (tertiary/aromatic N) is 4. The lowest BCUT2D eigenvalue weighted by molar-refractivity contribution is -0.129. The number of hydrogen-bond acceptors (Lipinski definition) is 8. The van der Waals surface area contributed by atoms with Crippen LogP contribution in [-0.4, -0.2) is 63.0 Å². The first kappa shape index (κ1) is 24.5. The number of pyridine rings is 1. The predicted octanol–water partition coefficient (Wildman–Crippen LogP) is 2.61. The SMILES string of the molecule is CC.C[C@H](Nc1nc(C(=O)N2CC(C(=O)NCCO)C2)c2sccc2n1)c1cncc(F)c1. The van der Waals surface area contributed by atoms with Crippen molar-refractivity contribution < 1.29 is 19.1 Å². The van der Waals surface area contributed by atoms with Gasteiger partial charge in [-0.15, -0.1) is 11.3 Å². The Morgan fingerprint density at radius 3 is 2.76 bits per heavy atom. The number of aliphatic hydroxyl groups excluding tert-OH is 1. The summed E-state index contributed by atoms with van der Waals surface area (Å²) in [6.07, 6.45) is 2.68. The van der Waals surface area contributed by atoms with Crippen LogP contribution < -0.4 is 10.6 Å². The van der Waals surface area contributed by atoms with Crippen molar-refractivity contribution in [3.63, 3.8) is 0 Å². The second-order valence-corrected chi connectivity index (χ2v) is 8.17. The molecule has 0 spiro atoms. The Bertz CT molecular complexity index is 1120. The number of halogens is 1. The number of carbonyl (C=O) groups excluding carboxylic acids is 2. The van der Waals surface area contributed by atoms with E-state index in [1.54, 1.807) is 17.2 Å². The molecule has 2 amide bonds. The summed E-state index contributed by atoms with van der Waals surface area (Å²) >= 11 is 1.37. The highest BCUT2D eigenvalue weighted by molar-refractivity contribution is 7.17. The lowest BCUT2D eigenvalue weighted by atomic mass is 9.98. The van der Waals surface area contributed by atoms with Crippen LogP contribution in [-0.2, 0) is 4.79 Å². The minimum Gasteiger partial charge on any atom is -0.395 e. The van der Waals surface area contributed by atoms with Crippen LogP contribution in [0.1, 0.15) is 42.9 Å². The van der Waals surface area contributed by atoms with Crippen LogP contribution in [0.15, 0.2) is 29.9 Å². The van der Waals surface area contributed by atoms with Gasteiger partial charge in [0.15, 0.2) is 5.69 Å². The number of nitrogens with one attached hydrogen (secondary N) is 2. The van der Waals surface area contributed by atoms with Gasteiger partial charge >= 0.3 is 0 Å². The number of likely N-dealkylation sites (tertiary alicyclic amines) is 1. The molecule has 1 atom stereocenters. The van der Waals surface area contributed by atoms with Gasteiger partial charge in [0.2, 0.25) is 11.9 Å². The molecule has 176 valence electrons. The molecule has 3 aromatic heterocycles. The summed E-state index contributed by atoms with van der Waals surface area (Å²) in [5, 5.41) is 16.4. The number of aromatic nitrogens is 3. The van der Waals surface area contributed by atoms with Crippen molar-refractivity contribution in [2.75, 3.05) is 31.6 Å². The van der Waals surface area contributed by atoms with E-state index in [1.165, 1.54) is 17.4 Å². The molecule has 11 heteroatoms. The van der Waals surface area contributed by atoms with Gasteiger partial charge in [0.25, 0.3) is 5.91 Å². The summed E-state index contributed by atoms with van der Waals surface area (Å²) in [5.41, 5.74) is 1.52. The Balaban J connectivity index is 0.00000149. The molecule has 0 unspecified atom stereocenters. The molecule has 0 radical (unpaired) electrons. The van der Waals surface area contributed by atoms with E-state index in [0.717, 1.165) is 6.20 Å². The highest BCUT2D eigenvalue weighted by Gasteiger charge is 2.37. The van der Waals surface area contributed by atoms with E-state index >= 15 is 0 Å². The normalized spacial score (nSPS) is 14.2. The summed E-state index contributed by atoms with van der Waals surface area (Å²) in [6, 6.07) is 2.85. The average Bonchev–Trinajstić information content (AvgIpc) is 3.26. The molecule has 1 saturated heterocycles. The van der Waals surface area contributed by atoms with E-state index in [2.05, 4.69) is 25.6 Å². The molecule has 0 aromatic carbocycles. The van der Waals surface area contributed by atoms with E-state index in [4.69, 9.17) is 5.11 Å². The number of aliphatic hydroxyl groups is 1. The van der Waals surface area contributed by atoms with Crippen LogP contribution in [0.4, 0.5) is 10.3 Å². The predicted molar refractivity (Wildman–Crippen MR) is 124 cm³/mol. The van der Waals surface area contributed by atoms with E-state index in [0.29, 0.717) is 28.9 Å². The highest BCUT2D eigenvalue weighted by Crippen LogP contribution is 2.28. The average molecular weight is 475 g/mol. The summed E-state index contributed by atoms with van der Waals surface area (Å²) in [6.45, 7) is 6.48. The number of fused-ring (bicyclic) bond motifs is 1. The Morgan fingerprint density at radius 1 is 1.30 bits per heavy atom. The summed E-state index contributed by atoms with van der Waals surface area (Å²) < 4.78 is 14.2. The van der Waals surface area contributed by atoms with Crippen LogP contribution in [0.5, 0.6) is 0 Å². The van der Waals surface area contributed by atoms with Gasteiger partial charge in [0.1, 0.15) is 5.82 Å². The van der Waals surface area contributed by atoms with E-state index < -0.39 is 5.82 Å². The van der Waals surface area contributed by atoms with Crippen LogP contribution in [0.3, 0.4) is 0 Å². The molecule has 1 aliphatic rings. The number of carbonyl (C=O) groups is 2. The number of amides is 2. The van der Waals surface area contributed by atoms with Crippen molar-refractivity contribution in [1.29, 1.82) is 0 Å². The van der Waals surface area contributed by atoms with Gasteiger partial charge in [0.05, 0.1) is 35.0 Å². The van der Waals surface area contributed by atoms with Gasteiger partial charge in [0, 0.05) is 25.8 Å². The number of thiophene rings is 1. The van der Waals surface area contributed by atoms with Crippen LogP contribution in [0.25, 0.3) is 10.2 Å². The maximum absolute atomic E-state index is 13.5. The largest absolute Gasteiger partial charge is 0.395 e. The fraction of sp³-hybridized carbons (Fsp3) is 0.409. The third-order valence-corrected chi connectivity index (χ3v) is 5.94. The second-order valence-electron chi connectivity index (χ2n) is 7.25. The van der Waals surface area contributed by atoms with Crippen molar-refractivity contribution in [2.45, 2.75) is 26.8 Å². The van der Waals surface area contributed by atoms with E-state index in [-0.39, 0.29) is 48.6 Å². The third-order valence-electron chi connectivity index (χ3n) is 5.03. The number of anilines is 1. The van der Waals surface area contributed by atoms with Crippen LogP contribution in [0, 0.1) is 11.7 Å². The molecule has 0 saturated carbocycles. The summed E-state index contributed by atoms with van der Waals surface area (Å²) in [4.78, 5) is 39.3. The second kappa shape index (κ2) is 11.1. The quantitative estimate of drug-likeness (QED) is 0.481. The fourth-order valence-corrected chi connectivity index (χ4v) is 4.11. The molecule has 4 heterocycles. The molecule has 1 fully saturated rings. The molecule has 33 heavy (non-hydrogen) atoms. The first-order chi connectivity index (χ1) is 16.0. The maximum Gasteiger partial charge on any atom is 0.274 e. The van der Waals surface area contributed by atoms with Gasteiger partial charge in [-0.2, -0.15) is 0 Å².